The van der Waals surface area contributed by atoms with Crippen LogP contribution in [0.2, 0.25) is 0 Å². The molecule has 16 heavy (non-hydrogen) atoms. The van der Waals surface area contributed by atoms with Gasteiger partial charge in [0.25, 0.3) is 0 Å². The number of ether oxygens (including phenoxy) is 1. The van der Waals surface area contributed by atoms with Crippen LogP contribution in [0.5, 0.6) is 0 Å². The Bertz CT molecular complexity index is 289. The lowest BCUT2D eigenvalue weighted by Gasteiger charge is -2.10. The molecule has 0 atom stereocenters. The van der Waals surface area contributed by atoms with E-state index in [2.05, 4.69) is 0 Å². The summed E-state index contributed by atoms with van der Waals surface area (Å²) in [6, 6.07) is 0. The van der Waals surface area contributed by atoms with Gasteiger partial charge < -0.3 is 9.84 Å². The fourth-order valence-corrected chi connectivity index (χ4v) is 1.23. The number of hydrogen-bond acceptors (Lipinski definition) is 3. The number of rotatable bonds is 6. The van der Waals surface area contributed by atoms with Crippen LogP contribution >= 0.6 is 0 Å². The van der Waals surface area contributed by atoms with Crippen molar-refractivity contribution in [1.29, 1.82) is 0 Å². The van der Waals surface area contributed by atoms with Crippen LogP contribution in [-0.4, -0.2) is 23.1 Å². The molecule has 0 aliphatic rings. The molecule has 0 aliphatic heterocycles. The van der Waals surface area contributed by atoms with E-state index in [0.29, 0.717) is 6.42 Å². The number of esters is 1. The van der Waals surface area contributed by atoms with Gasteiger partial charge in [-0.25, -0.2) is 9.59 Å². The van der Waals surface area contributed by atoms with Crippen molar-refractivity contribution in [3.63, 3.8) is 0 Å². The van der Waals surface area contributed by atoms with Crippen molar-refractivity contribution < 1.29 is 19.4 Å². The molecule has 0 spiro atoms. The number of hydrogen-bond donors (Lipinski definition) is 1. The molecular weight excluding hydrogens is 208 g/mol. The predicted octanol–water partition coefficient (Wildman–Crippen LogP) is 2.53. The van der Waals surface area contributed by atoms with E-state index >= 15 is 0 Å². The highest BCUT2D eigenvalue weighted by Gasteiger charge is 2.18. The zero-order chi connectivity index (χ0) is 12.7. The Hall–Kier alpha value is -1.32. The highest BCUT2D eigenvalue weighted by molar-refractivity contribution is 5.99. The Labute approximate surface area is 96.3 Å². The van der Waals surface area contributed by atoms with E-state index in [-0.39, 0.29) is 17.3 Å². The lowest BCUT2D eigenvalue weighted by molar-refractivity contribution is -0.143. The lowest BCUT2D eigenvalue weighted by atomic mass is 10.0. The number of aliphatic carboxylic acids is 1. The monoisotopic (exact) mass is 228 g/mol. The summed E-state index contributed by atoms with van der Waals surface area (Å²) in [6.45, 7) is 6.94. The zero-order valence-corrected chi connectivity index (χ0v) is 10.4. The van der Waals surface area contributed by atoms with Crippen LogP contribution in [0.1, 0.15) is 47.0 Å². The van der Waals surface area contributed by atoms with Gasteiger partial charge in [-0.15, -0.1) is 0 Å². The number of unbranched alkanes of at least 4 members (excludes halogenated alkanes) is 1. The smallest absolute Gasteiger partial charge is 0.334 e. The first-order valence-corrected chi connectivity index (χ1v) is 5.54. The molecule has 0 unspecified atom stereocenters. The maximum atomic E-state index is 11.5. The van der Waals surface area contributed by atoms with Gasteiger partial charge in [-0.1, -0.05) is 13.3 Å². The van der Waals surface area contributed by atoms with Crippen LogP contribution < -0.4 is 0 Å². The van der Waals surface area contributed by atoms with E-state index in [1.54, 1.807) is 13.8 Å². The number of carbonyl (C=O) groups is 2. The highest BCUT2D eigenvalue weighted by Crippen LogP contribution is 2.15. The topological polar surface area (TPSA) is 63.6 Å². The van der Waals surface area contributed by atoms with Crippen molar-refractivity contribution >= 4 is 11.9 Å². The van der Waals surface area contributed by atoms with Gasteiger partial charge in [0.15, 0.2) is 0 Å². The van der Waals surface area contributed by atoms with E-state index in [1.807, 2.05) is 6.92 Å². The summed E-state index contributed by atoms with van der Waals surface area (Å²) >= 11 is 0. The van der Waals surface area contributed by atoms with Crippen LogP contribution in [0.25, 0.3) is 0 Å². The Morgan fingerprint density at radius 2 is 1.88 bits per heavy atom. The average molecular weight is 228 g/mol. The summed E-state index contributed by atoms with van der Waals surface area (Å²) in [5.74, 6) is -1.57. The van der Waals surface area contributed by atoms with Gasteiger partial charge in [-0.05, 0) is 33.6 Å². The fourth-order valence-electron chi connectivity index (χ4n) is 1.23. The van der Waals surface area contributed by atoms with E-state index < -0.39 is 11.9 Å². The van der Waals surface area contributed by atoms with E-state index in [4.69, 9.17) is 9.84 Å². The normalized spacial score (nSPS) is 12.3. The average Bonchev–Trinajstić information content (AvgIpc) is 2.16. The molecule has 0 amide bonds. The van der Waals surface area contributed by atoms with Crippen molar-refractivity contribution in [2.45, 2.75) is 53.1 Å². The molecule has 0 bridgehead atoms. The molecule has 4 heteroatoms. The molecule has 0 aliphatic carbocycles. The minimum atomic E-state index is -1.04. The molecular formula is C12H20O4. The molecule has 0 rings (SSSR count). The molecule has 92 valence electrons. The number of carboxylic acid groups (broad SMARTS) is 1. The summed E-state index contributed by atoms with van der Waals surface area (Å²) < 4.78 is 4.96. The minimum absolute atomic E-state index is 0.160. The molecule has 0 aromatic carbocycles. The molecule has 0 saturated heterocycles. The Balaban J connectivity index is 4.81. The van der Waals surface area contributed by atoms with E-state index in [0.717, 1.165) is 12.8 Å². The standard InChI is InChI=1S/C12H20O4/c1-5-6-7-10(11(13)14)9(4)12(15)16-8(2)3/h8H,5-7H2,1-4H3,(H,13,14). The molecule has 0 aromatic rings. The molecule has 0 aromatic heterocycles. The van der Waals surface area contributed by atoms with Crippen molar-refractivity contribution in [3.8, 4) is 0 Å². The predicted molar refractivity (Wildman–Crippen MR) is 61.1 cm³/mol. The van der Waals surface area contributed by atoms with Gasteiger partial charge in [-0.3, -0.25) is 0 Å². The third kappa shape index (κ3) is 4.96. The Morgan fingerprint density at radius 3 is 2.25 bits per heavy atom. The highest BCUT2D eigenvalue weighted by atomic mass is 16.5. The van der Waals surface area contributed by atoms with Crippen LogP contribution in [0.3, 0.4) is 0 Å². The summed E-state index contributed by atoms with van der Waals surface area (Å²) in [5, 5.41) is 8.99. The molecule has 0 saturated carbocycles. The van der Waals surface area contributed by atoms with E-state index in [9.17, 15) is 9.59 Å². The van der Waals surface area contributed by atoms with Crippen molar-refractivity contribution in [3.05, 3.63) is 11.1 Å². The Morgan fingerprint density at radius 1 is 1.31 bits per heavy atom. The first kappa shape index (κ1) is 14.7. The third-order valence-corrected chi connectivity index (χ3v) is 2.14. The van der Waals surface area contributed by atoms with Gasteiger partial charge in [0.2, 0.25) is 0 Å². The quantitative estimate of drug-likeness (QED) is 0.560. The van der Waals surface area contributed by atoms with Crippen molar-refractivity contribution in [2.24, 2.45) is 0 Å². The molecule has 4 nitrogen and oxygen atoms in total. The second-order valence-electron chi connectivity index (χ2n) is 3.97. The van der Waals surface area contributed by atoms with Crippen molar-refractivity contribution in [1.82, 2.24) is 0 Å². The summed E-state index contributed by atoms with van der Waals surface area (Å²) in [5.41, 5.74) is 0.363. The van der Waals surface area contributed by atoms with Gasteiger partial charge in [0, 0.05) is 11.1 Å². The van der Waals surface area contributed by atoms with Crippen LogP contribution in [-0.2, 0) is 14.3 Å². The van der Waals surface area contributed by atoms with Gasteiger partial charge >= 0.3 is 11.9 Å². The summed E-state index contributed by atoms with van der Waals surface area (Å²) in [7, 11) is 0. The number of carboxylic acids is 1. The number of carbonyl (C=O) groups excluding carboxylic acids is 1. The SMILES string of the molecule is CCCCC(C(=O)O)=C(C)C(=O)OC(C)C. The van der Waals surface area contributed by atoms with Crippen LogP contribution in [0.4, 0.5) is 0 Å². The van der Waals surface area contributed by atoms with Gasteiger partial charge in [-0.2, -0.15) is 0 Å². The van der Waals surface area contributed by atoms with Crippen molar-refractivity contribution in [2.75, 3.05) is 0 Å². The largest absolute Gasteiger partial charge is 0.478 e. The van der Waals surface area contributed by atoms with Gasteiger partial charge in [0.1, 0.15) is 0 Å². The Kier molecular flexibility index (Phi) is 6.46. The summed E-state index contributed by atoms with van der Waals surface area (Å²) in [6.07, 6.45) is 1.82. The summed E-state index contributed by atoms with van der Waals surface area (Å²) in [4.78, 5) is 22.5. The fraction of sp³-hybridized carbons (Fsp3) is 0.667. The second-order valence-corrected chi connectivity index (χ2v) is 3.97. The van der Waals surface area contributed by atoms with Crippen LogP contribution in [0.15, 0.2) is 11.1 Å². The first-order chi connectivity index (χ1) is 7.40. The van der Waals surface area contributed by atoms with Crippen LogP contribution in [0, 0.1) is 0 Å². The molecule has 1 N–H and O–H groups in total. The maximum Gasteiger partial charge on any atom is 0.334 e. The second kappa shape index (κ2) is 7.04. The first-order valence-electron chi connectivity index (χ1n) is 5.54. The van der Waals surface area contributed by atoms with E-state index in [1.165, 1.54) is 6.92 Å². The molecule has 0 fully saturated rings. The van der Waals surface area contributed by atoms with Gasteiger partial charge in [0.05, 0.1) is 6.10 Å². The minimum Gasteiger partial charge on any atom is -0.478 e. The molecule has 0 heterocycles. The zero-order valence-electron chi connectivity index (χ0n) is 10.4. The third-order valence-electron chi connectivity index (χ3n) is 2.14. The lowest BCUT2D eigenvalue weighted by Crippen LogP contribution is -2.16. The molecule has 0 radical (unpaired) electrons. The maximum absolute atomic E-state index is 11.5.